The summed E-state index contributed by atoms with van der Waals surface area (Å²) in [6.07, 6.45) is 1.41. The molecule has 0 bridgehead atoms. The fourth-order valence-corrected chi connectivity index (χ4v) is 3.87. The number of methoxy groups -OCH3 is 2. The van der Waals surface area contributed by atoms with Crippen molar-refractivity contribution in [1.29, 1.82) is 0 Å². The van der Waals surface area contributed by atoms with Crippen LogP contribution in [0.4, 0.5) is 4.79 Å². The van der Waals surface area contributed by atoms with E-state index in [4.69, 9.17) is 14.2 Å². The van der Waals surface area contributed by atoms with Crippen LogP contribution in [-0.2, 0) is 9.47 Å². The van der Waals surface area contributed by atoms with Gasteiger partial charge in [-0.2, -0.15) is 0 Å². The normalized spacial score (nSPS) is 16.0. The Hall–Kier alpha value is -1.76. The Balaban J connectivity index is 2.01. The van der Waals surface area contributed by atoms with E-state index in [2.05, 4.69) is 0 Å². The van der Waals surface area contributed by atoms with Crippen LogP contribution in [0.2, 0.25) is 0 Å². The van der Waals surface area contributed by atoms with E-state index in [1.807, 2.05) is 26.8 Å². The molecule has 6 nitrogen and oxygen atoms in total. The smallest absolute Gasteiger partial charge is 0.410 e. The van der Waals surface area contributed by atoms with Gasteiger partial charge in [-0.25, -0.2) is 9.59 Å². The Bertz CT molecular complexity index is 597. The molecule has 0 atom stereocenters. The molecule has 0 N–H and O–H groups in total. The molecule has 2 heterocycles. The summed E-state index contributed by atoms with van der Waals surface area (Å²) in [4.78, 5) is 27.2. The fourth-order valence-electron chi connectivity index (χ4n) is 2.65. The number of esters is 1. The average molecular weight is 355 g/mol. The number of piperidine rings is 1. The van der Waals surface area contributed by atoms with Crippen LogP contribution in [0, 0.1) is 0 Å². The van der Waals surface area contributed by atoms with Crippen LogP contribution in [-0.4, -0.2) is 49.9 Å². The summed E-state index contributed by atoms with van der Waals surface area (Å²) < 4.78 is 15.5. The highest BCUT2D eigenvalue weighted by Gasteiger charge is 2.29. The molecular weight excluding hydrogens is 330 g/mol. The predicted octanol–water partition coefficient (Wildman–Crippen LogP) is 3.66. The molecule has 134 valence electrons. The maximum absolute atomic E-state index is 12.1. The van der Waals surface area contributed by atoms with Crippen molar-refractivity contribution in [1.82, 2.24) is 4.90 Å². The second-order valence-corrected chi connectivity index (χ2v) is 7.86. The van der Waals surface area contributed by atoms with Gasteiger partial charge in [0.25, 0.3) is 0 Å². The Kier molecular flexibility index (Phi) is 5.74. The third-order valence-corrected chi connectivity index (χ3v) is 5.12. The molecule has 1 aliphatic heterocycles. The molecule has 1 aromatic heterocycles. The molecule has 0 unspecified atom stereocenters. The summed E-state index contributed by atoms with van der Waals surface area (Å²) >= 11 is 1.41. The molecule has 1 amide bonds. The minimum atomic E-state index is -0.482. The van der Waals surface area contributed by atoms with Crippen molar-refractivity contribution >= 4 is 23.4 Å². The number of ether oxygens (including phenoxy) is 3. The van der Waals surface area contributed by atoms with Crippen LogP contribution in [0.15, 0.2) is 6.07 Å². The quantitative estimate of drug-likeness (QED) is 0.774. The minimum absolute atomic E-state index is 0.264. The van der Waals surface area contributed by atoms with Crippen LogP contribution in [0.25, 0.3) is 0 Å². The molecule has 7 heteroatoms. The zero-order valence-electron chi connectivity index (χ0n) is 14.9. The van der Waals surface area contributed by atoms with Crippen LogP contribution in [0.5, 0.6) is 5.75 Å². The Labute approximate surface area is 146 Å². The van der Waals surface area contributed by atoms with E-state index in [0.29, 0.717) is 29.6 Å². The van der Waals surface area contributed by atoms with Crippen molar-refractivity contribution in [2.24, 2.45) is 0 Å². The molecule has 1 saturated heterocycles. The first-order chi connectivity index (χ1) is 11.2. The average Bonchev–Trinajstić information content (AvgIpc) is 2.97. The molecule has 0 aromatic carbocycles. The second kappa shape index (κ2) is 7.42. The van der Waals surface area contributed by atoms with Crippen LogP contribution in [0.1, 0.15) is 54.1 Å². The van der Waals surface area contributed by atoms with Crippen LogP contribution in [0.3, 0.4) is 0 Å². The molecule has 24 heavy (non-hydrogen) atoms. The maximum Gasteiger partial charge on any atom is 0.410 e. The van der Waals surface area contributed by atoms with E-state index < -0.39 is 5.60 Å². The summed E-state index contributed by atoms with van der Waals surface area (Å²) in [5.74, 6) is 0.478. The van der Waals surface area contributed by atoms with Gasteiger partial charge in [-0.3, -0.25) is 0 Å². The number of carbonyl (C=O) groups excluding carboxylic acids is 2. The number of nitrogens with zero attached hydrogens (tertiary/aromatic N) is 1. The van der Waals surface area contributed by atoms with Gasteiger partial charge in [0.2, 0.25) is 0 Å². The van der Waals surface area contributed by atoms with E-state index in [1.54, 1.807) is 12.0 Å². The van der Waals surface area contributed by atoms with E-state index in [0.717, 1.165) is 17.7 Å². The zero-order chi connectivity index (χ0) is 17.9. The number of amides is 1. The van der Waals surface area contributed by atoms with Crippen molar-refractivity contribution in [3.8, 4) is 5.75 Å². The lowest BCUT2D eigenvalue weighted by Gasteiger charge is -2.33. The predicted molar refractivity (Wildman–Crippen MR) is 92.0 cm³/mol. The van der Waals surface area contributed by atoms with E-state index in [1.165, 1.54) is 18.4 Å². The number of carbonyl (C=O) groups is 2. The number of hydrogen-bond donors (Lipinski definition) is 0. The monoisotopic (exact) mass is 355 g/mol. The topological polar surface area (TPSA) is 65.1 Å². The highest BCUT2D eigenvalue weighted by atomic mass is 32.1. The molecule has 0 spiro atoms. The number of likely N-dealkylation sites (tertiary alicyclic amines) is 1. The summed E-state index contributed by atoms with van der Waals surface area (Å²) in [6, 6.07) is 1.91. The van der Waals surface area contributed by atoms with Crippen molar-refractivity contribution in [3.05, 3.63) is 15.8 Å². The summed E-state index contributed by atoms with van der Waals surface area (Å²) in [6.45, 7) is 6.89. The lowest BCUT2D eigenvalue weighted by molar-refractivity contribution is 0.0205. The third-order valence-electron chi connectivity index (χ3n) is 3.86. The Morgan fingerprint density at radius 1 is 1.21 bits per heavy atom. The van der Waals surface area contributed by atoms with Gasteiger partial charge in [0.05, 0.1) is 14.2 Å². The zero-order valence-corrected chi connectivity index (χ0v) is 15.7. The van der Waals surface area contributed by atoms with Gasteiger partial charge in [-0.1, -0.05) is 0 Å². The highest BCUT2D eigenvalue weighted by molar-refractivity contribution is 7.14. The maximum atomic E-state index is 12.1. The SMILES string of the molecule is COC(=O)c1sc(C2CCN(C(=O)OC(C)(C)C)CC2)cc1OC. The van der Waals surface area contributed by atoms with Gasteiger partial charge in [-0.15, -0.1) is 11.3 Å². The number of hydrogen-bond acceptors (Lipinski definition) is 6. The second-order valence-electron chi connectivity index (χ2n) is 6.78. The van der Waals surface area contributed by atoms with E-state index in [9.17, 15) is 9.59 Å². The van der Waals surface area contributed by atoms with Crippen LogP contribution < -0.4 is 4.74 Å². The third kappa shape index (κ3) is 4.41. The Morgan fingerprint density at radius 3 is 2.33 bits per heavy atom. The summed E-state index contributed by atoms with van der Waals surface area (Å²) in [5, 5.41) is 0. The van der Waals surface area contributed by atoms with Crippen molar-refractivity contribution in [2.45, 2.75) is 45.1 Å². The molecule has 0 radical (unpaired) electrons. The molecule has 2 rings (SSSR count). The molecule has 0 aliphatic carbocycles. The molecule has 1 fully saturated rings. The summed E-state index contributed by atoms with van der Waals surface area (Å²) in [5.41, 5.74) is -0.482. The molecule has 1 aromatic rings. The lowest BCUT2D eigenvalue weighted by Crippen LogP contribution is -2.41. The lowest BCUT2D eigenvalue weighted by atomic mass is 9.95. The van der Waals surface area contributed by atoms with Gasteiger partial charge < -0.3 is 19.1 Å². The fraction of sp³-hybridized carbons (Fsp3) is 0.647. The van der Waals surface area contributed by atoms with Crippen molar-refractivity contribution in [2.75, 3.05) is 27.3 Å². The van der Waals surface area contributed by atoms with E-state index in [-0.39, 0.29) is 12.1 Å². The standard InChI is InChI=1S/C17H25NO5S/c1-17(2,3)23-16(20)18-8-6-11(7-9-18)13-10-12(21-4)14(24-13)15(19)22-5/h10-11H,6-9H2,1-5H3. The minimum Gasteiger partial charge on any atom is -0.495 e. The van der Waals surface area contributed by atoms with Gasteiger partial charge in [-0.05, 0) is 45.6 Å². The van der Waals surface area contributed by atoms with E-state index >= 15 is 0 Å². The highest BCUT2D eigenvalue weighted by Crippen LogP contribution is 2.38. The number of rotatable bonds is 3. The van der Waals surface area contributed by atoms with Gasteiger partial charge in [0.15, 0.2) is 4.88 Å². The van der Waals surface area contributed by atoms with Gasteiger partial charge in [0, 0.05) is 18.0 Å². The first kappa shape index (κ1) is 18.6. The van der Waals surface area contributed by atoms with Gasteiger partial charge in [0.1, 0.15) is 11.4 Å². The molecule has 1 aliphatic rings. The summed E-state index contributed by atoms with van der Waals surface area (Å²) in [7, 11) is 2.91. The van der Waals surface area contributed by atoms with Gasteiger partial charge >= 0.3 is 12.1 Å². The Morgan fingerprint density at radius 2 is 1.83 bits per heavy atom. The largest absolute Gasteiger partial charge is 0.495 e. The number of thiophene rings is 1. The first-order valence-corrected chi connectivity index (χ1v) is 8.80. The van der Waals surface area contributed by atoms with Crippen LogP contribution >= 0.6 is 11.3 Å². The molecule has 0 saturated carbocycles. The van der Waals surface area contributed by atoms with Crippen molar-refractivity contribution in [3.63, 3.8) is 0 Å². The first-order valence-electron chi connectivity index (χ1n) is 7.99. The molecular formula is C17H25NO5S. The van der Waals surface area contributed by atoms with Crippen molar-refractivity contribution < 1.29 is 23.8 Å².